The van der Waals surface area contributed by atoms with Crippen molar-refractivity contribution in [2.75, 3.05) is 24.5 Å². The molecule has 0 spiro atoms. The minimum Gasteiger partial charge on any atom is -0.369 e. The molecule has 1 rings (SSSR count). The van der Waals surface area contributed by atoms with Gasteiger partial charge in [0.1, 0.15) is 5.82 Å². The molecule has 0 heterocycles. The highest BCUT2D eigenvalue weighted by Gasteiger charge is 2.13. The second-order valence-electron chi connectivity index (χ2n) is 5.68. The van der Waals surface area contributed by atoms with Crippen molar-refractivity contribution >= 4 is 5.69 Å². The van der Waals surface area contributed by atoms with Crippen LogP contribution in [-0.4, -0.2) is 19.6 Å². The van der Waals surface area contributed by atoms with Crippen molar-refractivity contribution in [3.05, 3.63) is 29.6 Å². The molecular formula is C18H31FN2. The van der Waals surface area contributed by atoms with Crippen molar-refractivity contribution in [1.29, 1.82) is 0 Å². The SMILES string of the molecule is CCCCN(CCCC)c1ccc(C(C)NCC)cc1F. The van der Waals surface area contributed by atoms with Crippen LogP contribution >= 0.6 is 0 Å². The lowest BCUT2D eigenvalue weighted by molar-refractivity contribution is 0.577. The van der Waals surface area contributed by atoms with E-state index in [4.69, 9.17) is 0 Å². The van der Waals surface area contributed by atoms with Gasteiger partial charge in [-0.15, -0.1) is 0 Å². The summed E-state index contributed by atoms with van der Waals surface area (Å²) < 4.78 is 14.5. The molecule has 21 heavy (non-hydrogen) atoms. The van der Waals surface area contributed by atoms with Gasteiger partial charge in [-0.2, -0.15) is 0 Å². The highest BCUT2D eigenvalue weighted by Crippen LogP contribution is 2.24. The number of hydrogen-bond donors (Lipinski definition) is 1. The topological polar surface area (TPSA) is 15.3 Å². The molecule has 0 aromatic heterocycles. The first kappa shape index (κ1) is 18.0. The molecule has 0 saturated carbocycles. The lowest BCUT2D eigenvalue weighted by Crippen LogP contribution is -2.27. The molecule has 1 aromatic rings. The molecule has 0 radical (unpaired) electrons. The number of benzene rings is 1. The molecule has 120 valence electrons. The second-order valence-corrected chi connectivity index (χ2v) is 5.68. The van der Waals surface area contributed by atoms with Crippen LogP contribution in [0.15, 0.2) is 18.2 Å². The van der Waals surface area contributed by atoms with Gasteiger partial charge < -0.3 is 10.2 Å². The van der Waals surface area contributed by atoms with Gasteiger partial charge in [-0.3, -0.25) is 0 Å². The third kappa shape index (κ3) is 5.66. The van der Waals surface area contributed by atoms with Crippen LogP contribution in [0.25, 0.3) is 0 Å². The molecule has 1 aromatic carbocycles. The third-order valence-corrected chi connectivity index (χ3v) is 3.89. The highest BCUT2D eigenvalue weighted by molar-refractivity contribution is 5.49. The number of halogens is 1. The van der Waals surface area contributed by atoms with Crippen molar-refractivity contribution in [3.63, 3.8) is 0 Å². The first-order chi connectivity index (χ1) is 10.1. The standard InChI is InChI=1S/C18H31FN2/c1-5-8-12-21(13-9-6-2)18-11-10-16(14-17(18)19)15(4)20-7-3/h10-11,14-15,20H,5-9,12-13H2,1-4H3. The Bertz CT molecular complexity index is 398. The minimum absolute atomic E-state index is 0.0931. The van der Waals surface area contributed by atoms with E-state index in [0.29, 0.717) is 0 Å². The molecule has 0 aliphatic rings. The monoisotopic (exact) mass is 294 g/mol. The Labute approximate surface area is 129 Å². The lowest BCUT2D eigenvalue weighted by Gasteiger charge is -2.26. The van der Waals surface area contributed by atoms with Crippen LogP contribution in [0.4, 0.5) is 10.1 Å². The van der Waals surface area contributed by atoms with Crippen molar-refractivity contribution in [1.82, 2.24) is 5.32 Å². The fourth-order valence-electron chi connectivity index (χ4n) is 2.52. The average Bonchev–Trinajstić information content (AvgIpc) is 2.48. The zero-order chi connectivity index (χ0) is 15.7. The van der Waals surface area contributed by atoms with Gasteiger partial charge in [0, 0.05) is 19.1 Å². The maximum Gasteiger partial charge on any atom is 0.146 e. The van der Waals surface area contributed by atoms with Gasteiger partial charge in [-0.05, 0) is 44.0 Å². The van der Waals surface area contributed by atoms with Crippen molar-refractivity contribution in [2.45, 2.75) is 59.4 Å². The number of anilines is 1. The summed E-state index contributed by atoms with van der Waals surface area (Å²) in [6.45, 7) is 11.3. The summed E-state index contributed by atoms with van der Waals surface area (Å²) in [6.07, 6.45) is 4.50. The van der Waals surface area contributed by atoms with Gasteiger partial charge in [-0.25, -0.2) is 4.39 Å². The van der Waals surface area contributed by atoms with Gasteiger partial charge in [0.15, 0.2) is 0 Å². The van der Waals surface area contributed by atoms with E-state index in [1.165, 1.54) is 0 Å². The molecule has 0 aliphatic heterocycles. The zero-order valence-corrected chi connectivity index (χ0v) is 14.1. The average molecular weight is 294 g/mol. The maximum absolute atomic E-state index is 14.5. The number of nitrogens with one attached hydrogen (secondary N) is 1. The normalized spacial score (nSPS) is 12.4. The molecular weight excluding hydrogens is 263 g/mol. The Morgan fingerprint density at radius 2 is 1.71 bits per heavy atom. The van der Waals surface area contributed by atoms with Crippen LogP contribution in [0.3, 0.4) is 0 Å². The van der Waals surface area contributed by atoms with E-state index >= 15 is 0 Å². The molecule has 1 unspecified atom stereocenters. The van der Waals surface area contributed by atoms with Gasteiger partial charge in [0.05, 0.1) is 5.69 Å². The molecule has 0 fully saturated rings. The van der Waals surface area contributed by atoms with Gasteiger partial charge >= 0.3 is 0 Å². The molecule has 0 aliphatic carbocycles. The van der Waals surface area contributed by atoms with Gasteiger partial charge in [0.25, 0.3) is 0 Å². The Morgan fingerprint density at radius 1 is 1.10 bits per heavy atom. The molecule has 3 heteroatoms. The Morgan fingerprint density at radius 3 is 2.19 bits per heavy atom. The summed E-state index contributed by atoms with van der Waals surface area (Å²) in [6, 6.07) is 5.88. The molecule has 2 nitrogen and oxygen atoms in total. The van der Waals surface area contributed by atoms with Crippen molar-refractivity contribution in [3.8, 4) is 0 Å². The molecule has 1 N–H and O–H groups in total. The van der Waals surface area contributed by atoms with Crippen LogP contribution in [0.1, 0.15) is 65.0 Å². The third-order valence-electron chi connectivity index (χ3n) is 3.89. The van der Waals surface area contributed by atoms with Crippen LogP contribution < -0.4 is 10.2 Å². The predicted octanol–water partition coefficient (Wildman–Crippen LogP) is 4.90. The van der Waals surface area contributed by atoms with Crippen LogP contribution in [0.5, 0.6) is 0 Å². The summed E-state index contributed by atoms with van der Waals surface area (Å²) in [4.78, 5) is 2.20. The number of unbranched alkanes of at least 4 members (excludes halogenated alkanes) is 2. The Kier molecular flexibility index (Phi) is 8.36. The summed E-state index contributed by atoms with van der Waals surface area (Å²) in [7, 11) is 0. The van der Waals surface area contributed by atoms with E-state index in [2.05, 4.69) is 44.0 Å². The number of hydrogen-bond acceptors (Lipinski definition) is 2. The minimum atomic E-state index is -0.0931. The number of rotatable bonds is 10. The summed E-state index contributed by atoms with van der Waals surface area (Å²) in [5.41, 5.74) is 1.77. The van der Waals surface area contributed by atoms with Crippen molar-refractivity contribution < 1.29 is 4.39 Å². The van der Waals surface area contributed by atoms with E-state index < -0.39 is 0 Å². The maximum atomic E-state index is 14.5. The van der Waals surface area contributed by atoms with Crippen LogP contribution in [0.2, 0.25) is 0 Å². The Hall–Kier alpha value is -1.09. The number of nitrogens with zero attached hydrogens (tertiary/aromatic N) is 1. The summed E-state index contributed by atoms with van der Waals surface area (Å²) in [5.74, 6) is -0.0931. The largest absolute Gasteiger partial charge is 0.369 e. The lowest BCUT2D eigenvalue weighted by atomic mass is 10.1. The molecule has 0 saturated heterocycles. The molecule has 0 amide bonds. The first-order valence-electron chi connectivity index (χ1n) is 8.41. The smallest absolute Gasteiger partial charge is 0.146 e. The fourth-order valence-corrected chi connectivity index (χ4v) is 2.52. The van der Waals surface area contributed by atoms with E-state index in [1.54, 1.807) is 6.07 Å². The van der Waals surface area contributed by atoms with Crippen LogP contribution in [-0.2, 0) is 0 Å². The molecule has 1 atom stereocenters. The fraction of sp³-hybridized carbons (Fsp3) is 0.667. The quantitative estimate of drug-likeness (QED) is 0.660. The second kappa shape index (κ2) is 9.78. The zero-order valence-electron chi connectivity index (χ0n) is 14.1. The summed E-state index contributed by atoms with van der Waals surface area (Å²) in [5, 5.41) is 3.33. The van der Waals surface area contributed by atoms with Gasteiger partial charge in [0.2, 0.25) is 0 Å². The van der Waals surface area contributed by atoms with Crippen LogP contribution in [0, 0.1) is 5.82 Å². The first-order valence-corrected chi connectivity index (χ1v) is 8.41. The van der Waals surface area contributed by atoms with Crippen molar-refractivity contribution in [2.24, 2.45) is 0 Å². The van der Waals surface area contributed by atoms with Gasteiger partial charge in [-0.1, -0.05) is 39.7 Å². The van der Waals surface area contributed by atoms with E-state index in [1.807, 2.05) is 6.07 Å². The summed E-state index contributed by atoms with van der Waals surface area (Å²) >= 11 is 0. The van der Waals surface area contributed by atoms with E-state index in [9.17, 15) is 4.39 Å². The van der Waals surface area contributed by atoms with E-state index in [-0.39, 0.29) is 11.9 Å². The highest BCUT2D eigenvalue weighted by atomic mass is 19.1. The Balaban J connectivity index is 2.87. The predicted molar refractivity (Wildman–Crippen MR) is 90.5 cm³/mol. The van der Waals surface area contributed by atoms with E-state index in [0.717, 1.165) is 56.6 Å². The molecule has 0 bridgehead atoms.